The monoisotopic (exact) mass is 206 g/mol. The van der Waals surface area contributed by atoms with Gasteiger partial charge < -0.3 is 0 Å². The van der Waals surface area contributed by atoms with Crippen LogP contribution in [0.4, 0.5) is 13.2 Å². The van der Waals surface area contributed by atoms with Crippen molar-refractivity contribution < 1.29 is 13.2 Å². The topological polar surface area (TPSA) is 36.7 Å². The lowest BCUT2D eigenvalue weighted by atomic mass is 10.1. The predicted octanol–water partition coefficient (Wildman–Crippen LogP) is 2.63. The number of hydrogen-bond acceptors (Lipinski definition) is 2. The molecule has 1 rings (SSSR count). The van der Waals surface area contributed by atoms with Gasteiger partial charge in [-0.05, 0) is 6.07 Å². The fourth-order valence-corrected chi connectivity index (χ4v) is 0.906. The first-order valence-corrected chi connectivity index (χ1v) is 3.46. The number of rotatable bonds is 0. The van der Waals surface area contributed by atoms with Crippen molar-refractivity contribution in [1.82, 2.24) is 4.98 Å². The fraction of sp³-hybridized carbons (Fsp3) is 0.143. The number of hydrogen-bond donors (Lipinski definition) is 0. The van der Waals surface area contributed by atoms with Crippen molar-refractivity contribution in [2.24, 2.45) is 0 Å². The molecule has 0 spiro atoms. The second kappa shape index (κ2) is 3.23. The average Bonchev–Trinajstić information content (AvgIpc) is 2.01. The van der Waals surface area contributed by atoms with Crippen LogP contribution in [0.15, 0.2) is 12.3 Å². The minimum atomic E-state index is -4.57. The van der Waals surface area contributed by atoms with Gasteiger partial charge in [0, 0.05) is 6.20 Å². The van der Waals surface area contributed by atoms with E-state index in [9.17, 15) is 13.2 Å². The molecule has 0 aliphatic rings. The van der Waals surface area contributed by atoms with Crippen molar-refractivity contribution in [3.63, 3.8) is 0 Å². The zero-order valence-electron chi connectivity index (χ0n) is 6.06. The Morgan fingerprint density at radius 3 is 2.54 bits per heavy atom. The SMILES string of the molecule is N#Cc1cc(Cl)ncc1C(F)(F)F. The molecule has 2 nitrogen and oxygen atoms in total. The number of alkyl halides is 3. The predicted molar refractivity (Wildman–Crippen MR) is 39.0 cm³/mol. The first-order chi connectivity index (χ1) is 5.95. The molecule has 0 fully saturated rings. The van der Waals surface area contributed by atoms with Gasteiger partial charge >= 0.3 is 6.18 Å². The second-order valence-electron chi connectivity index (χ2n) is 2.16. The van der Waals surface area contributed by atoms with E-state index in [0.29, 0.717) is 6.20 Å². The minimum absolute atomic E-state index is 0.135. The summed E-state index contributed by atoms with van der Waals surface area (Å²) < 4.78 is 36.4. The van der Waals surface area contributed by atoms with Crippen molar-refractivity contribution in [2.45, 2.75) is 6.18 Å². The summed E-state index contributed by atoms with van der Waals surface area (Å²) in [4.78, 5) is 3.25. The molecule has 1 aromatic rings. The van der Waals surface area contributed by atoms with Crippen molar-refractivity contribution in [1.29, 1.82) is 5.26 Å². The highest BCUT2D eigenvalue weighted by molar-refractivity contribution is 6.29. The third-order valence-electron chi connectivity index (χ3n) is 1.30. The summed E-state index contributed by atoms with van der Waals surface area (Å²) in [6.45, 7) is 0. The van der Waals surface area contributed by atoms with Crippen LogP contribution in [0.5, 0.6) is 0 Å². The number of halogens is 4. The largest absolute Gasteiger partial charge is 0.419 e. The summed E-state index contributed by atoms with van der Waals surface area (Å²) >= 11 is 5.32. The number of nitrogens with zero attached hydrogens (tertiary/aromatic N) is 2. The van der Waals surface area contributed by atoms with Crippen LogP contribution < -0.4 is 0 Å². The summed E-state index contributed by atoms with van der Waals surface area (Å²) in [5, 5.41) is 8.24. The van der Waals surface area contributed by atoms with Crippen LogP contribution in [0.2, 0.25) is 5.15 Å². The van der Waals surface area contributed by atoms with Crippen molar-refractivity contribution in [3.05, 3.63) is 28.5 Å². The molecule has 0 N–H and O–H groups in total. The van der Waals surface area contributed by atoms with Crippen molar-refractivity contribution in [2.75, 3.05) is 0 Å². The molecule has 0 aromatic carbocycles. The molecule has 68 valence electrons. The minimum Gasteiger partial charge on any atom is -0.244 e. The molecule has 0 unspecified atom stereocenters. The molecule has 1 heterocycles. The summed E-state index contributed by atoms with van der Waals surface area (Å²) in [7, 11) is 0. The third-order valence-corrected chi connectivity index (χ3v) is 1.50. The lowest BCUT2D eigenvalue weighted by molar-refractivity contribution is -0.138. The number of aromatic nitrogens is 1. The average molecular weight is 207 g/mol. The zero-order valence-corrected chi connectivity index (χ0v) is 6.82. The zero-order chi connectivity index (χ0) is 10.1. The Morgan fingerprint density at radius 2 is 2.08 bits per heavy atom. The lowest BCUT2D eigenvalue weighted by Crippen LogP contribution is -2.08. The van der Waals surface area contributed by atoms with E-state index >= 15 is 0 Å². The molecule has 13 heavy (non-hydrogen) atoms. The molecule has 6 heteroatoms. The first kappa shape index (κ1) is 9.81. The van der Waals surface area contributed by atoms with Gasteiger partial charge in [0.15, 0.2) is 0 Å². The fourth-order valence-electron chi connectivity index (χ4n) is 0.748. The van der Waals surface area contributed by atoms with Crippen LogP contribution in [0.25, 0.3) is 0 Å². The summed E-state index contributed by atoms with van der Waals surface area (Å²) in [5.41, 5.74) is -1.59. The van der Waals surface area contributed by atoms with Crippen LogP contribution in [-0.4, -0.2) is 4.98 Å². The Labute approximate surface area is 76.6 Å². The van der Waals surface area contributed by atoms with Crippen LogP contribution >= 0.6 is 11.6 Å². The van der Waals surface area contributed by atoms with Crippen molar-refractivity contribution in [3.8, 4) is 6.07 Å². The van der Waals surface area contributed by atoms with Gasteiger partial charge in [0.05, 0.1) is 17.2 Å². The normalized spacial score (nSPS) is 11.0. The van der Waals surface area contributed by atoms with E-state index in [1.165, 1.54) is 6.07 Å². The highest BCUT2D eigenvalue weighted by Crippen LogP contribution is 2.31. The van der Waals surface area contributed by atoms with Crippen LogP contribution in [0.1, 0.15) is 11.1 Å². The van der Waals surface area contributed by atoms with Gasteiger partial charge in [-0.1, -0.05) is 11.6 Å². The smallest absolute Gasteiger partial charge is 0.244 e. The first-order valence-electron chi connectivity index (χ1n) is 3.08. The van der Waals surface area contributed by atoms with E-state index in [1.807, 2.05) is 0 Å². The Balaban J connectivity index is 3.32. The Hall–Kier alpha value is -1.28. The van der Waals surface area contributed by atoms with E-state index in [2.05, 4.69) is 4.98 Å². The van der Waals surface area contributed by atoms with Gasteiger partial charge in [-0.15, -0.1) is 0 Å². The van der Waals surface area contributed by atoms with Gasteiger partial charge in [0.1, 0.15) is 5.15 Å². The van der Waals surface area contributed by atoms with Gasteiger partial charge in [-0.25, -0.2) is 4.98 Å². The summed E-state index contributed by atoms with van der Waals surface area (Å²) in [6.07, 6.45) is -4.02. The van der Waals surface area contributed by atoms with Crippen LogP contribution in [0, 0.1) is 11.3 Å². The number of nitriles is 1. The maximum absolute atomic E-state index is 12.1. The Kier molecular flexibility index (Phi) is 2.43. The van der Waals surface area contributed by atoms with Crippen LogP contribution in [0.3, 0.4) is 0 Å². The molecule has 0 atom stereocenters. The van der Waals surface area contributed by atoms with E-state index in [1.54, 1.807) is 0 Å². The molecule has 0 aliphatic carbocycles. The molecule has 0 bridgehead atoms. The molecule has 0 saturated heterocycles. The van der Waals surface area contributed by atoms with Crippen molar-refractivity contribution >= 4 is 11.6 Å². The van der Waals surface area contributed by atoms with Gasteiger partial charge in [-0.2, -0.15) is 18.4 Å². The maximum atomic E-state index is 12.1. The maximum Gasteiger partial charge on any atom is 0.419 e. The van der Waals surface area contributed by atoms with Gasteiger partial charge in [0.2, 0.25) is 0 Å². The quantitative estimate of drug-likeness (QED) is 0.612. The molecule has 0 amide bonds. The van der Waals surface area contributed by atoms with E-state index in [0.717, 1.165) is 6.07 Å². The molecular weight excluding hydrogens is 205 g/mol. The standard InChI is InChI=1S/C7H2ClF3N2/c8-6-1-4(2-12)5(3-13-6)7(9,10)11/h1,3H. The molecular formula is C7H2ClF3N2. The number of pyridine rings is 1. The van der Waals surface area contributed by atoms with E-state index < -0.39 is 17.3 Å². The van der Waals surface area contributed by atoms with Gasteiger partial charge in [-0.3, -0.25) is 0 Å². The van der Waals surface area contributed by atoms with Crippen LogP contribution in [-0.2, 0) is 6.18 Å². The molecule has 0 saturated carbocycles. The Bertz CT molecular complexity index is 367. The van der Waals surface area contributed by atoms with Gasteiger partial charge in [0.25, 0.3) is 0 Å². The highest BCUT2D eigenvalue weighted by Gasteiger charge is 2.34. The molecule has 0 aliphatic heterocycles. The Morgan fingerprint density at radius 1 is 1.46 bits per heavy atom. The molecule has 1 aromatic heterocycles. The highest BCUT2D eigenvalue weighted by atomic mass is 35.5. The second-order valence-corrected chi connectivity index (χ2v) is 2.55. The van der Waals surface area contributed by atoms with E-state index in [4.69, 9.17) is 16.9 Å². The summed E-state index contributed by atoms with van der Waals surface area (Å²) in [6, 6.07) is 2.28. The third kappa shape index (κ3) is 2.10. The van der Waals surface area contributed by atoms with E-state index in [-0.39, 0.29) is 5.15 Å². The lowest BCUT2D eigenvalue weighted by Gasteiger charge is -2.06. The summed E-state index contributed by atoms with van der Waals surface area (Å²) in [5.74, 6) is 0. The molecule has 0 radical (unpaired) electrons.